The van der Waals surface area contributed by atoms with Crippen molar-refractivity contribution < 1.29 is 9.53 Å². The summed E-state index contributed by atoms with van der Waals surface area (Å²) < 4.78 is 6.47. The lowest BCUT2D eigenvalue weighted by Crippen LogP contribution is -2.49. The number of para-hydroxylation sites is 1. The normalized spacial score (nSPS) is 17.7. The smallest absolute Gasteiger partial charge is 0.282 e. The average molecular weight is 411 g/mol. The van der Waals surface area contributed by atoms with Gasteiger partial charge < -0.3 is 19.4 Å². The van der Waals surface area contributed by atoms with Gasteiger partial charge in [0.05, 0.1) is 35.3 Å². The first-order valence-electron chi connectivity index (χ1n) is 9.83. The summed E-state index contributed by atoms with van der Waals surface area (Å²) in [6.07, 6.45) is 1.81. The Hall–Kier alpha value is -2.78. The predicted molar refractivity (Wildman–Crippen MR) is 113 cm³/mol. The van der Waals surface area contributed by atoms with Gasteiger partial charge in [-0.2, -0.15) is 5.10 Å². The summed E-state index contributed by atoms with van der Waals surface area (Å²) in [4.78, 5) is 23.7. The van der Waals surface area contributed by atoms with Crippen molar-refractivity contribution in [1.82, 2.24) is 20.1 Å². The molecule has 0 bridgehead atoms. The fourth-order valence-electron chi connectivity index (χ4n) is 3.73. The van der Waals surface area contributed by atoms with Gasteiger partial charge in [0, 0.05) is 45.3 Å². The molecule has 2 saturated heterocycles. The largest absolute Gasteiger partial charge is 0.378 e. The summed E-state index contributed by atoms with van der Waals surface area (Å²) in [6, 6.07) is 9.95. The Morgan fingerprint density at radius 3 is 2.59 bits per heavy atom. The van der Waals surface area contributed by atoms with Crippen LogP contribution in [0.15, 0.2) is 36.5 Å². The molecule has 3 aromatic rings. The molecule has 2 aromatic heterocycles. The van der Waals surface area contributed by atoms with E-state index in [1.54, 1.807) is 0 Å². The Bertz CT molecular complexity index is 978. The van der Waals surface area contributed by atoms with Crippen molar-refractivity contribution in [2.45, 2.75) is 0 Å². The molecule has 29 heavy (non-hydrogen) atoms. The molecule has 9 heteroatoms. The molecule has 0 atom stereocenters. The fraction of sp³-hybridized carbons (Fsp3) is 0.400. The maximum Gasteiger partial charge on any atom is 0.282 e. The van der Waals surface area contributed by atoms with Crippen molar-refractivity contribution in [1.29, 1.82) is 0 Å². The summed E-state index contributed by atoms with van der Waals surface area (Å²) in [5.74, 6) is 0.875. The average Bonchev–Trinajstić information content (AvgIpc) is 3.24. The zero-order valence-electron chi connectivity index (χ0n) is 16.0. The number of hydrogen-bond acceptors (Lipinski definition) is 8. The van der Waals surface area contributed by atoms with Crippen molar-refractivity contribution in [2.24, 2.45) is 0 Å². The molecule has 1 amide bonds. The monoisotopic (exact) mass is 410 g/mol. The van der Waals surface area contributed by atoms with Crippen LogP contribution < -0.4 is 9.80 Å². The van der Waals surface area contributed by atoms with Crippen LogP contribution in [-0.4, -0.2) is 78.5 Å². The van der Waals surface area contributed by atoms with Crippen molar-refractivity contribution in [3.8, 4) is 0 Å². The molecule has 8 nitrogen and oxygen atoms in total. The van der Waals surface area contributed by atoms with E-state index in [1.807, 2.05) is 35.4 Å². The van der Waals surface area contributed by atoms with Crippen molar-refractivity contribution in [2.75, 3.05) is 62.3 Å². The van der Waals surface area contributed by atoms with Crippen LogP contribution in [0.1, 0.15) is 9.80 Å². The van der Waals surface area contributed by atoms with Gasteiger partial charge in [-0.3, -0.25) is 4.79 Å². The number of thiazole rings is 1. The number of aromatic nitrogens is 3. The number of carbonyl (C=O) groups excluding carboxylic acids is 1. The zero-order valence-corrected chi connectivity index (χ0v) is 16.8. The van der Waals surface area contributed by atoms with Gasteiger partial charge in [-0.1, -0.05) is 12.1 Å². The van der Waals surface area contributed by atoms with Crippen molar-refractivity contribution in [3.63, 3.8) is 0 Å². The highest BCUT2D eigenvalue weighted by molar-refractivity contribution is 7.20. The highest BCUT2D eigenvalue weighted by atomic mass is 32.1. The van der Waals surface area contributed by atoms with E-state index in [9.17, 15) is 4.79 Å². The fourth-order valence-corrected chi connectivity index (χ4v) is 4.67. The number of hydrogen-bond donors (Lipinski definition) is 0. The summed E-state index contributed by atoms with van der Waals surface area (Å²) in [5.41, 5.74) is 1.96. The highest BCUT2D eigenvalue weighted by Gasteiger charge is 2.25. The molecule has 0 unspecified atom stereocenters. The second-order valence-electron chi connectivity index (χ2n) is 7.14. The molecule has 4 heterocycles. The number of piperazine rings is 1. The third-order valence-corrected chi connectivity index (χ3v) is 6.40. The second kappa shape index (κ2) is 7.92. The number of morpholine rings is 1. The number of rotatable bonds is 3. The molecule has 0 N–H and O–H groups in total. The van der Waals surface area contributed by atoms with Crippen LogP contribution in [0.2, 0.25) is 0 Å². The molecule has 2 aliphatic rings. The molecular formula is C20H22N6O2S. The maximum absolute atomic E-state index is 12.9. The lowest BCUT2D eigenvalue weighted by molar-refractivity contribution is 0.0746. The van der Waals surface area contributed by atoms with Gasteiger partial charge in [0.1, 0.15) is 0 Å². The second-order valence-corrected chi connectivity index (χ2v) is 8.17. The molecule has 5 rings (SSSR count). The molecule has 0 aliphatic carbocycles. The first-order chi connectivity index (χ1) is 14.3. The summed E-state index contributed by atoms with van der Waals surface area (Å²) in [6.45, 7) is 5.99. The van der Waals surface area contributed by atoms with Gasteiger partial charge in [0.15, 0.2) is 10.8 Å². The van der Waals surface area contributed by atoms with Gasteiger partial charge >= 0.3 is 0 Å². The Kier molecular flexibility index (Phi) is 4.99. The zero-order chi connectivity index (χ0) is 19.6. The minimum absolute atomic E-state index is 0.0130. The molecule has 0 radical (unpaired) electrons. The van der Waals surface area contributed by atoms with E-state index >= 15 is 0 Å². The number of fused-ring (bicyclic) bond motifs is 1. The lowest BCUT2D eigenvalue weighted by Gasteiger charge is -2.35. The molecule has 0 saturated carbocycles. The Balaban J connectivity index is 1.25. The predicted octanol–water partition coefficient (Wildman–Crippen LogP) is 1.89. The van der Waals surface area contributed by atoms with Gasteiger partial charge in [-0.15, -0.1) is 16.4 Å². The minimum Gasteiger partial charge on any atom is -0.378 e. The van der Waals surface area contributed by atoms with Gasteiger partial charge in [-0.25, -0.2) is 4.98 Å². The van der Waals surface area contributed by atoms with Gasteiger partial charge in [-0.05, 0) is 12.1 Å². The number of benzene rings is 1. The molecule has 0 spiro atoms. The summed E-state index contributed by atoms with van der Waals surface area (Å²) in [7, 11) is 0. The number of ether oxygens (including phenoxy) is 1. The third kappa shape index (κ3) is 3.75. The van der Waals surface area contributed by atoms with Crippen LogP contribution in [0.4, 0.5) is 11.5 Å². The number of carbonyl (C=O) groups is 1. The SMILES string of the molecule is O=C(c1nc2ccccc2s1)N1CCN(c2cc(N3CCOCC3)cnn2)CC1. The molecule has 150 valence electrons. The topological polar surface area (TPSA) is 74.7 Å². The standard InChI is InChI=1S/C20H22N6O2S/c27-20(19-22-16-3-1-2-4-17(16)29-19)26-7-5-25(6-8-26)18-13-15(14-21-23-18)24-9-11-28-12-10-24/h1-4,13-14H,5-12H2. The van der Waals surface area contributed by atoms with E-state index < -0.39 is 0 Å². The van der Waals surface area contributed by atoms with E-state index in [0.717, 1.165) is 61.1 Å². The number of anilines is 2. The van der Waals surface area contributed by atoms with Crippen molar-refractivity contribution in [3.05, 3.63) is 41.5 Å². The summed E-state index contributed by atoms with van der Waals surface area (Å²) in [5, 5.41) is 9.08. The number of nitrogens with zero attached hydrogens (tertiary/aromatic N) is 6. The minimum atomic E-state index is 0.0130. The van der Waals surface area contributed by atoms with Crippen LogP contribution >= 0.6 is 11.3 Å². The van der Waals surface area contributed by atoms with Gasteiger partial charge in [0.25, 0.3) is 5.91 Å². The van der Waals surface area contributed by atoms with Crippen molar-refractivity contribution >= 4 is 39.0 Å². The Morgan fingerprint density at radius 2 is 1.79 bits per heavy atom. The Labute approximate surface area is 172 Å². The van der Waals surface area contributed by atoms with Gasteiger partial charge in [0.2, 0.25) is 0 Å². The van der Waals surface area contributed by atoms with E-state index in [4.69, 9.17) is 4.74 Å². The maximum atomic E-state index is 12.9. The Morgan fingerprint density at radius 1 is 1.00 bits per heavy atom. The van der Waals surface area contributed by atoms with E-state index in [2.05, 4.69) is 31.0 Å². The molecule has 2 fully saturated rings. The first-order valence-corrected chi connectivity index (χ1v) is 10.6. The van der Waals surface area contributed by atoms with Crippen LogP contribution in [0.25, 0.3) is 10.2 Å². The lowest BCUT2D eigenvalue weighted by atomic mass is 10.3. The van der Waals surface area contributed by atoms with E-state index in [0.29, 0.717) is 18.1 Å². The first kappa shape index (κ1) is 18.3. The van der Waals surface area contributed by atoms with Crippen LogP contribution in [0.5, 0.6) is 0 Å². The van der Waals surface area contributed by atoms with Crippen LogP contribution in [0, 0.1) is 0 Å². The molecule has 2 aliphatic heterocycles. The molecular weight excluding hydrogens is 388 g/mol. The number of amides is 1. The van der Waals surface area contributed by atoms with Crippen LogP contribution in [0.3, 0.4) is 0 Å². The quantitative estimate of drug-likeness (QED) is 0.653. The van der Waals surface area contributed by atoms with E-state index in [-0.39, 0.29) is 5.91 Å². The highest BCUT2D eigenvalue weighted by Crippen LogP contribution is 2.24. The molecule has 1 aromatic carbocycles. The third-order valence-electron chi connectivity index (χ3n) is 5.37. The summed E-state index contributed by atoms with van der Waals surface area (Å²) >= 11 is 1.46. The van der Waals surface area contributed by atoms with Crippen LogP contribution in [-0.2, 0) is 4.74 Å². The van der Waals surface area contributed by atoms with E-state index in [1.165, 1.54) is 11.3 Å².